The lowest BCUT2D eigenvalue weighted by molar-refractivity contribution is -0.127. The molecule has 4 atom stereocenters. The molecule has 4 unspecified atom stereocenters. The summed E-state index contributed by atoms with van der Waals surface area (Å²) in [4.78, 5) is 12.2. The average Bonchev–Trinajstić information content (AvgIpc) is 2.31. The van der Waals surface area contributed by atoms with Crippen molar-refractivity contribution >= 4 is 15.7 Å². The van der Waals surface area contributed by atoms with Gasteiger partial charge in [-0.25, -0.2) is 8.42 Å². The second-order valence-corrected chi connectivity index (χ2v) is 8.28. The lowest BCUT2D eigenvalue weighted by Gasteiger charge is -2.34. The van der Waals surface area contributed by atoms with E-state index in [2.05, 4.69) is 12.2 Å². The number of amides is 1. The maximum Gasteiger partial charge on any atom is 0.224 e. The Bertz CT molecular complexity index is 435. The van der Waals surface area contributed by atoms with Gasteiger partial charge in [0.2, 0.25) is 5.91 Å². The van der Waals surface area contributed by atoms with Crippen molar-refractivity contribution in [2.24, 2.45) is 17.6 Å². The van der Waals surface area contributed by atoms with Gasteiger partial charge in [-0.1, -0.05) is 13.3 Å². The van der Waals surface area contributed by atoms with Crippen molar-refractivity contribution in [2.75, 3.05) is 11.5 Å². The number of hydrogen-bond donors (Lipinski definition) is 2. The van der Waals surface area contributed by atoms with Gasteiger partial charge in [-0.2, -0.15) is 0 Å². The van der Waals surface area contributed by atoms with Crippen LogP contribution in [0.5, 0.6) is 0 Å². The normalized spacial score (nSPS) is 38.6. The summed E-state index contributed by atoms with van der Waals surface area (Å²) in [7, 11) is -2.98. The minimum atomic E-state index is -2.98. The third-order valence-electron chi connectivity index (χ3n) is 4.44. The number of carbonyl (C=O) groups excluding carboxylic acids is 1. The number of rotatable bonds is 2. The van der Waals surface area contributed by atoms with Gasteiger partial charge in [0.25, 0.3) is 0 Å². The molecule has 2 aliphatic rings. The standard InChI is InChI=1S/C13H24N2O3S/c1-9-4-2-6-11(12(9)14)13(16)15-10-5-3-7-19(17,18)8-10/h9-12H,2-8,14H2,1H3,(H,15,16). The van der Waals surface area contributed by atoms with Crippen LogP contribution < -0.4 is 11.1 Å². The smallest absolute Gasteiger partial charge is 0.224 e. The Kier molecular flexibility index (Phi) is 4.50. The van der Waals surface area contributed by atoms with E-state index < -0.39 is 9.84 Å². The molecule has 0 aromatic heterocycles. The summed E-state index contributed by atoms with van der Waals surface area (Å²) >= 11 is 0. The van der Waals surface area contributed by atoms with Crippen molar-refractivity contribution in [2.45, 2.75) is 51.1 Å². The molecule has 6 heteroatoms. The van der Waals surface area contributed by atoms with Crippen LogP contribution >= 0.6 is 0 Å². The van der Waals surface area contributed by atoms with Crippen LogP contribution in [0, 0.1) is 11.8 Å². The van der Waals surface area contributed by atoms with Crippen molar-refractivity contribution in [1.82, 2.24) is 5.32 Å². The molecule has 0 bridgehead atoms. The summed E-state index contributed by atoms with van der Waals surface area (Å²) in [6, 6.07) is -0.329. The third-order valence-corrected chi connectivity index (χ3v) is 6.26. The molecule has 1 saturated carbocycles. The van der Waals surface area contributed by atoms with E-state index in [9.17, 15) is 13.2 Å². The van der Waals surface area contributed by atoms with Crippen LogP contribution in [0.1, 0.15) is 39.0 Å². The second kappa shape index (κ2) is 5.79. The third kappa shape index (κ3) is 3.69. The summed E-state index contributed by atoms with van der Waals surface area (Å²) in [5, 5.41) is 2.90. The molecule has 0 aromatic rings. The Morgan fingerprint density at radius 2 is 1.95 bits per heavy atom. The molecule has 0 spiro atoms. The van der Waals surface area contributed by atoms with E-state index in [4.69, 9.17) is 5.73 Å². The van der Waals surface area contributed by atoms with E-state index in [-0.39, 0.29) is 35.4 Å². The van der Waals surface area contributed by atoms with E-state index in [0.717, 1.165) is 25.7 Å². The van der Waals surface area contributed by atoms with Crippen LogP contribution in [0.25, 0.3) is 0 Å². The molecule has 2 rings (SSSR count). The van der Waals surface area contributed by atoms with E-state index in [1.54, 1.807) is 0 Å². The largest absolute Gasteiger partial charge is 0.352 e. The molecule has 5 nitrogen and oxygen atoms in total. The zero-order valence-corrected chi connectivity index (χ0v) is 12.3. The molecule has 110 valence electrons. The van der Waals surface area contributed by atoms with E-state index in [1.165, 1.54) is 0 Å². The first kappa shape index (κ1) is 14.8. The first-order chi connectivity index (χ1) is 8.89. The van der Waals surface area contributed by atoms with Gasteiger partial charge in [-0.15, -0.1) is 0 Å². The lowest BCUT2D eigenvalue weighted by atomic mass is 9.77. The van der Waals surface area contributed by atoms with Crippen molar-refractivity contribution < 1.29 is 13.2 Å². The van der Waals surface area contributed by atoms with Gasteiger partial charge in [0.05, 0.1) is 17.4 Å². The average molecular weight is 288 g/mol. The summed E-state index contributed by atoms with van der Waals surface area (Å²) in [6.45, 7) is 2.08. The topological polar surface area (TPSA) is 89.3 Å². The maximum absolute atomic E-state index is 12.2. The molecule has 1 heterocycles. The highest BCUT2D eigenvalue weighted by molar-refractivity contribution is 7.91. The fourth-order valence-corrected chi connectivity index (χ4v) is 4.83. The highest BCUT2D eigenvalue weighted by Crippen LogP contribution is 2.28. The molecule has 2 fully saturated rings. The molecule has 1 aliphatic carbocycles. The quantitative estimate of drug-likeness (QED) is 0.772. The van der Waals surface area contributed by atoms with E-state index in [0.29, 0.717) is 12.3 Å². The second-order valence-electron chi connectivity index (χ2n) is 6.05. The van der Waals surface area contributed by atoms with Gasteiger partial charge in [0, 0.05) is 12.1 Å². The van der Waals surface area contributed by atoms with Gasteiger partial charge >= 0.3 is 0 Å². The van der Waals surface area contributed by atoms with Crippen LogP contribution in [0.4, 0.5) is 0 Å². The van der Waals surface area contributed by atoms with Crippen LogP contribution in [-0.4, -0.2) is 37.9 Å². The van der Waals surface area contributed by atoms with Gasteiger partial charge in [0.15, 0.2) is 9.84 Å². The summed E-state index contributed by atoms with van der Waals surface area (Å²) in [5.41, 5.74) is 6.10. The minimum Gasteiger partial charge on any atom is -0.352 e. The first-order valence-electron chi connectivity index (χ1n) is 7.15. The number of nitrogens with one attached hydrogen (secondary N) is 1. The molecule has 19 heavy (non-hydrogen) atoms. The van der Waals surface area contributed by atoms with Gasteiger partial charge in [-0.3, -0.25) is 4.79 Å². The van der Waals surface area contributed by atoms with Crippen LogP contribution in [-0.2, 0) is 14.6 Å². The van der Waals surface area contributed by atoms with Gasteiger partial charge < -0.3 is 11.1 Å². The summed E-state index contributed by atoms with van der Waals surface area (Å²) in [5.74, 6) is 0.476. The van der Waals surface area contributed by atoms with Crippen molar-refractivity contribution in [3.8, 4) is 0 Å². The monoisotopic (exact) mass is 288 g/mol. The van der Waals surface area contributed by atoms with Crippen LogP contribution in [0.3, 0.4) is 0 Å². The molecule has 0 radical (unpaired) electrons. The van der Waals surface area contributed by atoms with Crippen molar-refractivity contribution in [3.05, 3.63) is 0 Å². The summed E-state index contributed by atoms with van der Waals surface area (Å²) < 4.78 is 23.1. The molecule has 1 amide bonds. The van der Waals surface area contributed by atoms with Crippen molar-refractivity contribution in [1.29, 1.82) is 0 Å². The van der Waals surface area contributed by atoms with Gasteiger partial charge in [0.1, 0.15) is 0 Å². The Balaban J connectivity index is 1.93. The van der Waals surface area contributed by atoms with E-state index >= 15 is 0 Å². The van der Waals surface area contributed by atoms with Gasteiger partial charge in [-0.05, 0) is 31.6 Å². The zero-order valence-electron chi connectivity index (χ0n) is 11.5. The summed E-state index contributed by atoms with van der Waals surface area (Å²) in [6.07, 6.45) is 4.30. The lowest BCUT2D eigenvalue weighted by Crippen LogP contribution is -2.51. The Labute approximate surface area is 115 Å². The number of carbonyl (C=O) groups is 1. The Morgan fingerprint density at radius 1 is 1.21 bits per heavy atom. The number of nitrogens with two attached hydrogens (primary N) is 1. The highest BCUT2D eigenvalue weighted by Gasteiger charge is 2.34. The zero-order chi connectivity index (χ0) is 14.0. The Hall–Kier alpha value is -0.620. The minimum absolute atomic E-state index is 0.0545. The van der Waals surface area contributed by atoms with E-state index in [1.807, 2.05) is 0 Å². The highest BCUT2D eigenvalue weighted by atomic mass is 32.2. The van der Waals surface area contributed by atoms with Crippen LogP contribution in [0.2, 0.25) is 0 Å². The first-order valence-corrected chi connectivity index (χ1v) is 8.97. The molecule has 1 aliphatic heterocycles. The predicted molar refractivity (Wildman–Crippen MR) is 74.3 cm³/mol. The molecule has 1 saturated heterocycles. The van der Waals surface area contributed by atoms with Crippen molar-refractivity contribution in [3.63, 3.8) is 0 Å². The van der Waals surface area contributed by atoms with Crippen LogP contribution in [0.15, 0.2) is 0 Å². The fraction of sp³-hybridized carbons (Fsp3) is 0.923. The molecule has 3 N–H and O–H groups in total. The number of sulfone groups is 1. The fourth-order valence-electron chi connectivity index (χ4n) is 3.19. The predicted octanol–water partition coefficient (Wildman–Crippen LogP) is 0.443. The Morgan fingerprint density at radius 3 is 2.63 bits per heavy atom. The molecule has 0 aromatic carbocycles. The maximum atomic E-state index is 12.2. The SMILES string of the molecule is CC1CCCC(C(=O)NC2CCCS(=O)(=O)C2)C1N. The molecular formula is C13H24N2O3S. The molecular weight excluding hydrogens is 264 g/mol. The number of hydrogen-bond acceptors (Lipinski definition) is 4.